The van der Waals surface area contributed by atoms with Crippen molar-refractivity contribution >= 4 is 5.91 Å². The van der Waals surface area contributed by atoms with Crippen LogP contribution in [0.4, 0.5) is 0 Å². The van der Waals surface area contributed by atoms with E-state index < -0.39 is 0 Å². The molecule has 1 N–H and O–H groups in total. The third kappa shape index (κ3) is 5.45. The molecule has 1 amide bonds. The fraction of sp³-hybridized carbons (Fsp3) is 0.400. The van der Waals surface area contributed by atoms with E-state index >= 15 is 0 Å². The Morgan fingerprint density at radius 2 is 1.94 bits per heavy atom. The normalized spacial score (nSPS) is 14.5. The first-order chi connectivity index (χ1) is 16.1. The molecule has 0 spiro atoms. The van der Waals surface area contributed by atoms with Crippen LogP contribution in [0.5, 0.6) is 17.2 Å². The van der Waals surface area contributed by atoms with Crippen molar-refractivity contribution in [1.29, 1.82) is 0 Å². The summed E-state index contributed by atoms with van der Waals surface area (Å²) in [6.45, 7) is 2.61. The van der Waals surface area contributed by atoms with Gasteiger partial charge in [0.25, 0.3) is 5.91 Å². The van der Waals surface area contributed by atoms with Gasteiger partial charge in [-0.25, -0.2) is 0 Å². The van der Waals surface area contributed by atoms with Gasteiger partial charge >= 0.3 is 0 Å². The van der Waals surface area contributed by atoms with Gasteiger partial charge in [0.1, 0.15) is 11.9 Å². The molecule has 0 fully saturated rings. The number of ether oxygens (including phenoxy) is 3. The standard InChI is InChI=1S/C25H29N3O5/c1-16-13-18-14-19(15-21(31-3)23(18)32-16)25(29)26-12-6-4-5-7-22-27-24(28-33-22)17-8-10-20(30-2)11-9-17/h8-11,14-16H,4-7,12-13H2,1-3H3,(H,26,29)/t16-/m0/s1. The average molecular weight is 452 g/mol. The maximum atomic E-state index is 12.6. The minimum atomic E-state index is -0.100. The van der Waals surface area contributed by atoms with Crippen LogP contribution in [0, 0.1) is 0 Å². The monoisotopic (exact) mass is 451 g/mol. The third-order valence-electron chi connectivity index (χ3n) is 5.61. The summed E-state index contributed by atoms with van der Waals surface area (Å²) in [6.07, 6.45) is 4.30. The van der Waals surface area contributed by atoms with Crippen molar-refractivity contribution in [3.8, 4) is 28.6 Å². The molecule has 1 aromatic heterocycles. The van der Waals surface area contributed by atoms with Crippen LogP contribution in [-0.4, -0.2) is 42.9 Å². The molecular formula is C25H29N3O5. The molecule has 1 aliphatic rings. The van der Waals surface area contributed by atoms with Gasteiger partial charge in [0, 0.05) is 36.1 Å². The lowest BCUT2D eigenvalue weighted by molar-refractivity contribution is 0.0952. The van der Waals surface area contributed by atoms with Crippen molar-refractivity contribution in [2.45, 2.75) is 45.1 Å². The fourth-order valence-electron chi connectivity index (χ4n) is 3.88. The number of nitrogens with zero attached hydrogens (tertiary/aromatic N) is 2. The summed E-state index contributed by atoms with van der Waals surface area (Å²) in [7, 11) is 3.22. The molecule has 174 valence electrons. The Morgan fingerprint density at radius 3 is 2.70 bits per heavy atom. The second kappa shape index (κ2) is 10.4. The predicted octanol–water partition coefficient (Wildman–Crippen LogP) is 4.22. The summed E-state index contributed by atoms with van der Waals surface area (Å²) < 4.78 is 21.7. The molecule has 3 aromatic rings. The minimum absolute atomic E-state index is 0.0957. The highest BCUT2D eigenvalue weighted by atomic mass is 16.5. The van der Waals surface area contributed by atoms with Crippen LogP contribution in [0.15, 0.2) is 40.9 Å². The molecule has 1 aliphatic heterocycles. The van der Waals surface area contributed by atoms with Crippen LogP contribution in [0.25, 0.3) is 11.4 Å². The van der Waals surface area contributed by atoms with E-state index in [-0.39, 0.29) is 12.0 Å². The third-order valence-corrected chi connectivity index (χ3v) is 5.61. The highest BCUT2D eigenvalue weighted by molar-refractivity contribution is 5.95. The van der Waals surface area contributed by atoms with Crippen molar-refractivity contribution in [2.24, 2.45) is 0 Å². The largest absolute Gasteiger partial charge is 0.497 e. The quantitative estimate of drug-likeness (QED) is 0.461. The van der Waals surface area contributed by atoms with Crippen LogP contribution in [0.3, 0.4) is 0 Å². The molecule has 33 heavy (non-hydrogen) atoms. The molecule has 8 nitrogen and oxygen atoms in total. The van der Waals surface area contributed by atoms with Gasteiger partial charge in [-0.15, -0.1) is 0 Å². The highest BCUT2D eigenvalue weighted by Crippen LogP contribution is 2.38. The van der Waals surface area contributed by atoms with E-state index in [9.17, 15) is 4.79 Å². The van der Waals surface area contributed by atoms with Gasteiger partial charge in [-0.05, 0) is 56.2 Å². The summed E-state index contributed by atoms with van der Waals surface area (Å²) in [5.74, 6) is 3.23. The van der Waals surface area contributed by atoms with Crippen LogP contribution in [0.1, 0.15) is 48.0 Å². The number of nitrogens with one attached hydrogen (secondary N) is 1. The van der Waals surface area contributed by atoms with E-state index in [0.29, 0.717) is 36.0 Å². The Hall–Kier alpha value is -3.55. The van der Waals surface area contributed by atoms with E-state index in [0.717, 1.165) is 48.3 Å². The lowest BCUT2D eigenvalue weighted by Crippen LogP contribution is -2.24. The van der Waals surface area contributed by atoms with Crippen LogP contribution in [-0.2, 0) is 12.8 Å². The number of carbonyl (C=O) groups excluding carboxylic acids is 1. The Bertz CT molecular complexity index is 1090. The topological polar surface area (TPSA) is 95.7 Å². The van der Waals surface area contributed by atoms with Gasteiger partial charge in [0.05, 0.1) is 14.2 Å². The number of hydrogen-bond acceptors (Lipinski definition) is 7. The number of methoxy groups -OCH3 is 2. The lowest BCUT2D eigenvalue weighted by atomic mass is 10.1. The second-order valence-corrected chi connectivity index (χ2v) is 8.11. The molecule has 0 aliphatic carbocycles. The summed E-state index contributed by atoms with van der Waals surface area (Å²) in [5, 5.41) is 7.04. The van der Waals surface area contributed by atoms with Crippen LogP contribution >= 0.6 is 0 Å². The zero-order valence-corrected chi connectivity index (χ0v) is 19.2. The van der Waals surface area contributed by atoms with Crippen LogP contribution < -0.4 is 19.5 Å². The Balaban J connectivity index is 1.19. The highest BCUT2D eigenvalue weighted by Gasteiger charge is 2.25. The van der Waals surface area contributed by atoms with Crippen molar-refractivity contribution in [3.05, 3.63) is 53.4 Å². The van der Waals surface area contributed by atoms with Gasteiger partial charge in [-0.1, -0.05) is 11.6 Å². The van der Waals surface area contributed by atoms with E-state index in [4.69, 9.17) is 18.7 Å². The summed E-state index contributed by atoms with van der Waals surface area (Å²) >= 11 is 0. The molecule has 4 rings (SSSR count). The second-order valence-electron chi connectivity index (χ2n) is 8.11. The first-order valence-corrected chi connectivity index (χ1v) is 11.2. The van der Waals surface area contributed by atoms with Gasteiger partial charge < -0.3 is 24.1 Å². The Morgan fingerprint density at radius 1 is 1.12 bits per heavy atom. The number of aryl methyl sites for hydroxylation is 1. The molecule has 1 atom stereocenters. The SMILES string of the molecule is COc1ccc(-c2noc(CCCCCNC(=O)c3cc4c(c(OC)c3)O[C@@H](C)C4)n2)cc1. The summed E-state index contributed by atoms with van der Waals surface area (Å²) in [4.78, 5) is 17.0. The lowest BCUT2D eigenvalue weighted by Gasteiger charge is -2.11. The molecule has 0 saturated heterocycles. The molecule has 0 radical (unpaired) electrons. The van der Waals surface area contributed by atoms with E-state index in [1.807, 2.05) is 37.3 Å². The smallest absolute Gasteiger partial charge is 0.251 e. The number of hydrogen-bond donors (Lipinski definition) is 1. The summed E-state index contributed by atoms with van der Waals surface area (Å²) in [6, 6.07) is 11.2. The number of aromatic nitrogens is 2. The van der Waals surface area contributed by atoms with Gasteiger partial charge in [0.15, 0.2) is 11.5 Å². The van der Waals surface area contributed by atoms with E-state index in [1.165, 1.54) is 0 Å². The first-order valence-electron chi connectivity index (χ1n) is 11.2. The van der Waals surface area contributed by atoms with Gasteiger partial charge in [-0.3, -0.25) is 4.79 Å². The maximum absolute atomic E-state index is 12.6. The molecule has 2 aromatic carbocycles. The minimum Gasteiger partial charge on any atom is -0.497 e. The Labute approximate surface area is 193 Å². The fourth-order valence-corrected chi connectivity index (χ4v) is 3.88. The van der Waals surface area contributed by atoms with Crippen molar-refractivity contribution in [3.63, 3.8) is 0 Å². The predicted molar refractivity (Wildman–Crippen MR) is 123 cm³/mol. The zero-order chi connectivity index (χ0) is 23.2. The van der Waals surface area contributed by atoms with Crippen molar-refractivity contribution < 1.29 is 23.5 Å². The number of amides is 1. The molecular weight excluding hydrogens is 422 g/mol. The number of benzene rings is 2. The Kier molecular flexibility index (Phi) is 7.12. The van der Waals surface area contributed by atoms with Crippen molar-refractivity contribution in [1.82, 2.24) is 15.5 Å². The molecule has 0 unspecified atom stereocenters. The van der Waals surface area contributed by atoms with Crippen molar-refractivity contribution in [2.75, 3.05) is 20.8 Å². The first kappa shape index (κ1) is 22.6. The number of fused-ring (bicyclic) bond motifs is 1. The van der Waals surface area contributed by atoms with E-state index in [1.54, 1.807) is 20.3 Å². The number of carbonyl (C=O) groups is 1. The van der Waals surface area contributed by atoms with Crippen LogP contribution in [0.2, 0.25) is 0 Å². The summed E-state index contributed by atoms with van der Waals surface area (Å²) in [5.41, 5.74) is 2.50. The molecule has 0 saturated carbocycles. The molecule has 8 heteroatoms. The number of rotatable bonds is 10. The van der Waals surface area contributed by atoms with E-state index in [2.05, 4.69) is 15.5 Å². The average Bonchev–Trinajstić information content (AvgIpc) is 3.46. The molecule has 2 heterocycles. The van der Waals surface area contributed by atoms with Gasteiger partial charge in [0.2, 0.25) is 11.7 Å². The maximum Gasteiger partial charge on any atom is 0.251 e. The number of unbranched alkanes of at least 4 members (excludes halogenated alkanes) is 2. The van der Waals surface area contributed by atoms with Gasteiger partial charge in [-0.2, -0.15) is 4.98 Å². The molecule has 0 bridgehead atoms. The zero-order valence-electron chi connectivity index (χ0n) is 19.2.